The third-order valence-electron chi connectivity index (χ3n) is 4.34. The van der Waals surface area contributed by atoms with Crippen molar-refractivity contribution in [1.29, 1.82) is 0 Å². The molecule has 2 N–H and O–H groups in total. The van der Waals surface area contributed by atoms with Crippen LogP contribution in [0.4, 0.5) is 0 Å². The number of benzene rings is 1. The molecule has 1 fully saturated rings. The van der Waals surface area contributed by atoms with Gasteiger partial charge in [0.1, 0.15) is 0 Å². The molecule has 3 rings (SSSR count). The average Bonchev–Trinajstić information content (AvgIpc) is 2.92. The topological polar surface area (TPSA) is 60.0 Å². The van der Waals surface area contributed by atoms with E-state index in [9.17, 15) is 0 Å². The van der Waals surface area contributed by atoms with Crippen molar-refractivity contribution in [2.45, 2.75) is 32.9 Å². The minimum absolute atomic E-state index is 0. The van der Waals surface area contributed by atoms with Crippen molar-refractivity contribution in [3.63, 3.8) is 0 Å². The summed E-state index contributed by atoms with van der Waals surface area (Å²) < 4.78 is 1.83. The molecular weight excluding hydrogens is 298 g/mol. The second kappa shape index (κ2) is 6.77. The lowest BCUT2D eigenvalue weighted by molar-refractivity contribution is 0.0889. The molecule has 0 aliphatic carbocycles. The Labute approximate surface area is 137 Å². The molecule has 1 aromatic heterocycles. The van der Waals surface area contributed by atoms with Gasteiger partial charge in [0.05, 0.1) is 17.6 Å². The van der Waals surface area contributed by atoms with Gasteiger partial charge in [-0.25, -0.2) is 4.68 Å². The third kappa shape index (κ3) is 3.66. The number of nitrogens with two attached hydrogens (primary N) is 1. The van der Waals surface area contributed by atoms with Gasteiger partial charge in [0.15, 0.2) is 0 Å². The fourth-order valence-electron chi connectivity index (χ4n) is 2.93. The van der Waals surface area contributed by atoms with E-state index >= 15 is 0 Å². The van der Waals surface area contributed by atoms with Gasteiger partial charge in [-0.05, 0) is 24.0 Å². The number of piperidine rings is 1. The molecule has 0 saturated carbocycles. The van der Waals surface area contributed by atoms with Gasteiger partial charge in [-0.15, -0.1) is 17.5 Å². The molecule has 0 spiro atoms. The number of hydrogen-bond donors (Lipinski definition) is 1. The van der Waals surface area contributed by atoms with Gasteiger partial charge in [0, 0.05) is 25.7 Å². The van der Waals surface area contributed by atoms with E-state index in [1.54, 1.807) is 0 Å². The van der Waals surface area contributed by atoms with Gasteiger partial charge < -0.3 is 5.73 Å². The molecule has 0 amide bonds. The van der Waals surface area contributed by atoms with Crippen LogP contribution in [0.15, 0.2) is 36.5 Å². The summed E-state index contributed by atoms with van der Waals surface area (Å²) in [5.74, 6) is 0. The lowest BCUT2D eigenvalue weighted by Crippen LogP contribution is -2.52. The zero-order chi connectivity index (χ0) is 14.9. The van der Waals surface area contributed by atoms with Gasteiger partial charge in [0.25, 0.3) is 0 Å². The third-order valence-corrected chi connectivity index (χ3v) is 4.34. The van der Waals surface area contributed by atoms with Crippen LogP contribution in [0.2, 0.25) is 0 Å². The van der Waals surface area contributed by atoms with Crippen LogP contribution in [-0.2, 0) is 6.54 Å². The van der Waals surface area contributed by atoms with E-state index in [4.69, 9.17) is 5.73 Å². The smallest absolute Gasteiger partial charge is 0.0971 e. The predicted molar refractivity (Wildman–Crippen MR) is 90.3 cm³/mol. The summed E-state index contributed by atoms with van der Waals surface area (Å²) in [6.07, 6.45) is 3.05. The highest BCUT2D eigenvalue weighted by atomic mass is 35.5. The van der Waals surface area contributed by atoms with Crippen LogP contribution in [0.5, 0.6) is 0 Å². The highest BCUT2D eigenvalue weighted by Crippen LogP contribution is 2.28. The normalized spacial score (nSPS) is 21.3. The second-order valence-corrected chi connectivity index (χ2v) is 6.58. The number of halogens is 1. The van der Waals surface area contributed by atoms with E-state index in [1.165, 1.54) is 0 Å². The zero-order valence-electron chi connectivity index (χ0n) is 13.1. The molecule has 1 saturated heterocycles. The highest BCUT2D eigenvalue weighted by Gasteiger charge is 2.33. The Morgan fingerprint density at radius 1 is 1.27 bits per heavy atom. The van der Waals surface area contributed by atoms with Crippen molar-refractivity contribution in [3.05, 3.63) is 42.2 Å². The molecule has 1 aromatic carbocycles. The van der Waals surface area contributed by atoms with Crippen molar-refractivity contribution >= 4 is 12.4 Å². The first-order chi connectivity index (χ1) is 10.0. The molecule has 22 heavy (non-hydrogen) atoms. The van der Waals surface area contributed by atoms with Gasteiger partial charge in [-0.3, -0.25) is 4.90 Å². The number of aromatic nitrogens is 3. The highest BCUT2D eigenvalue weighted by molar-refractivity contribution is 5.85. The van der Waals surface area contributed by atoms with Crippen LogP contribution in [0.1, 0.15) is 26.0 Å². The average molecular weight is 322 g/mol. The SMILES string of the molecule is CC1(C)CN(Cc2cn(-c3ccccc3)nn2)CCC1N.Cl. The monoisotopic (exact) mass is 321 g/mol. The maximum Gasteiger partial charge on any atom is 0.0971 e. The first-order valence-electron chi connectivity index (χ1n) is 7.49. The predicted octanol–water partition coefficient (Wildman–Crippen LogP) is 2.25. The Bertz CT molecular complexity index is 596. The quantitative estimate of drug-likeness (QED) is 0.942. The van der Waals surface area contributed by atoms with Crippen LogP contribution < -0.4 is 5.73 Å². The van der Waals surface area contributed by atoms with Crippen molar-refractivity contribution < 1.29 is 0 Å². The van der Waals surface area contributed by atoms with Gasteiger partial charge in [-0.1, -0.05) is 37.3 Å². The Balaban J connectivity index is 0.00000176. The number of rotatable bonds is 3. The molecule has 120 valence electrons. The summed E-state index contributed by atoms with van der Waals surface area (Å²) in [6, 6.07) is 10.4. The van der Waals surface area contributed by atoms with Gasteiger partial charge in [-0.2, -0.15) is 0 Å². The van der Waals surface area contributed by atoms with E-state index in [2.05, 4.69) is 29.1 Å². The van der Waals surface area contributed by atoms with Crippen molar-refractivity contribution in [1.82, 2.24) is 19.9 Å². The minimum Gasteiger partial charge on any atom is -0.327 e. The summed E-state index contributed by atoms with van der Waals surface area (Å²) in [6.45, 7) is 7.35. The number of nitrogens with zero attached hydrogens (tertiary/aromatic N) is 4. The Hall–Kier alpha value is -1.43. The molecule has 0 bridgehead atoms. The summed E-state index contributed by atoms with van der Waals surface area (Å²) in [7, 11) is 0. The Kier molecular flexibility index (Phi) is 5.21. The first kappa shape index (κ1) is 16.9. The molecule has 1 aliphatic heterocycles. The van der Waals surface area contributed by atoms with Crippen LogP contribution in [-0.4, -0.2) is 39.0 Å². The van der Waals surface area contributed by atoms with E-state index in [0.717, 1.165) is 37.4 Å². The summed E-state index contributed by atoms with van der Waals surface area (Å²) >= 11 is 0. The fourth-order valence-corrected chi connectivity index (χ4v) is 2.93. The van der Waals surface area contributed by atoms with E-state index in [-0.39, 0.29) is 23.9 Å². The van der Waals surface area contributed by atoms with E-state index in [1.807, 2.05) is 41.2 Å². The van der Waals surface area contributed by atoms with Crippen molar-refractivity contribution in [3.8, 4) is 5.69 Å². The first-order valence-corrected chi connectivity index (χ1v) is 7.49. The summed E-state index contributed by atoms with van der Waals surface area (Å²) in [4.78, 5) is 2.42. The molecular formula is C16H24ClN5. The second-order valence-electron chi connectivity index (χ2n) is 6.58. The maximum absolute atomic E-state index is 6.19. The summed E-state index contributed by atoms with van der Waals surface area (Å²) in [5.41, 5.74) is 8.39. The van der Waals surface area contributed by atoms with Gasteiger partial charge >= 0.3 is 0 Å². The fraction of sp³-hybridized carbons (Fsp3) is 0.500. The molecule has 1 aliphatic rings. The lowest BCUT2D eigenvalue weighted by Gasteiger charge is -2.42. The van der Waals surface area contributed by atoms with Crippen LogP contribution in [0.25, 0.3) is 5.69 Å². The number of para-hydroxylation sites is 1. The molecule has 5 nitrogen and oxygen atoms in total. The van der Waals surface area contributed by atoms with Crippen molar-refractivity contribution in [2.24, 2.45) is 11.1 Å². The largest absolute Gasteiger partial charge is 0.327 e. The summed E-state index contributed by atoms with van der Waals surface area (Å²) in [5, 5.41) is 8.51. The zero-order valence-corrected chi connectivity index (χ0v) is 14.0. The molecule has 1 unspecified atom stereocenters. The number of likely N-dealkylation sites (tertiary alicyclic amines) is 1. The van der Waals surface area contributed by atoms with E-state index < -0.39 is 0 Å². The lowest BCUT2D eigenvalue weighted by atomic mass is 9.80. The van der Waals surface area contributed by atoms with Gasteiger partial charge in [0.2, 0.25) is 0 Å². The standard InChI is InChI=1S/C16H23N5.ClH/c1-16(2)12-20(9-8-15(16)17)10-13-11-21(19-18-13)14-6-4-3-5-7-14;/h3-7,11,15H,8-10,12,17H2,1-2H3;1H. The maximum atomic E-state index is 6.19. The van der Waals surface area contributed by atoms with Crippen LogP contribution >= 0.6 is 12.4 Å². The molecule has 2 aromatic rings. The number of hydrogen-bond acceptors (Lipinski definition) is 4. The van der Waals surface area contributed by atoms with Crippen LogP contribution in [0.3, 0.4) is 0 Å². The minimum atomic E-state index is 0. The van der Waals surface area contributed by atoms with Crippen molar-refractivity contribution in [2.75, 3.05) is 13.1 Å². The molecule has 0 radical (unpaired) electrons. The molecule has 2 heterocycles. The van der Waals surface area contributed by atoms with E-state index in [0.29, 0.717) is 0 Å². The Morgan fingerprint density at radius 3 is 2.68 bits per heavy atom. The molecule has 6 heteroatoms. The Morgan fingerprint density at radius 2 is 2.00 bits per heavy atom. The molecule has 1 atom stereocenters. The van der Waals surface area contributed by atoms with Crippen LogP contribution in [0, 0.1) is 5.41 Å².